The van der Waals surface area contributed by atoms with Crippen LogP contribution in [0.25, 0.3) is 0 Å². The van der Waals surface area contributed by atoms with Crippen LogP contribution in [-0.2, 0) is 0 Å². The van der Waals surface area contributed by atoms with Gasteiger partial charge in [-0.1, -0.05) is 0 Å². The minimum Gasteiger partial charge on any atom is -0.506 e. The molecular formula is C12H15N3O4. The summed E-state index contributed by atoms with van der Waals surface area (Å²) in [4.78, 5) is 24.2. The second-order valence-corrected chi connectivity index (χ2v) is 4.20. The number of amides is 2. The molecule has 2 amide bonds. The lowest BCUT2D eigenvalue weighted by molar-refractivity contribution is 0.0696. The van der Waals surface area contributed by atoms with Gasteiger partial charge >= 0.3 is 12.0 Å². The van der Waals surface area contributed by atoms with Crippen molar-refractivity contribution in [3.05, 3.63) is 23.8 Å². The zero-order valence-electron chi connectivity index (χ0n) is 10.2. The molecule has 1 fully saturated rings. The third kappa shape index (κ3) is 3.14. The van der Waals surface area contributed by atoms with Crippen LogP contribution in [0.4, 0.5) is 10.5 Å². The van der Waals surface area contributed by atoms with E-state index in [1.807, 2.05) is 0 Å². The van der Waals surface area contributed by atoms with Crippen molar-refractivity contribution in [2.24, 2.45) is 0 Å². The van der Waals surface area contributed by atoms with Gasteiger partial charge in [0.2, 0.25) is 0 Å². The summed E-state index contributed by atoms with van der Waals surface area (Å²) in [6.45, 7) is 2.66. The van der Waals surface area contributed by atoms with Gasteiger partial charge in [0.15, 0.2) is 0 Å². The molecule has 0 bridgehead atoms. The number of aromatic hydroxyl groups is 1. The zero-order chi connectivity index (χ0) is 13.8. The average Bonchev–Trinajstić information content (AvgIpc) is 2.41. The molecule has 7 nitrogen and oxygen atoms in total. The predicted molar refractivity (Wildman–Crippen MR) is 68.5 cm³/mol. The van der Waals surface area contributed by atoms with E-state index >= 15 is 0 Å². The molecule has 0 aliphatic carbocycles. The van der Waals surface area contributed by atoms with E-state index in [1.54, 1.807) is 4.90 Å². The number of aromatic carboxylic acids is 1. The van der Waals surface area contributed by atoms with Crippen molar-refractivity contribution >= 4 is 17.7 Å². The van der Waals surface area contributed by atoms with E-state index in [9.17, 15) is 14.7 Å². The summed E-state index contributed by atoms with van der Waals surface area (Å²) in [6, 6.07) is 3.50. The van der Waals surface area contributed by atoms with Gasteiger partial charge in [-0.05, 0) is 18.2 Å². The number of urea groups is 1. The number of carboxylic acids is 1. The molecule has 102 valence electrons. The van der Waals surface area contributed by atoms with Crippen LogP contribution >= 0.6 is 0 Å². The summed E-state index contributed by atoms with van der Waals surface area (Å²) in [5.41, 5.74) is 0.172. The highest BCUT2D eigenvalue weighted by molar-refractivity contribution is 5.93. The number of carbonyl (C=O) groups is 2. The van der Waals surface area contributed by atoms with Crippen LogP contribution in [0.15, 0.2) is 18.2 Å². The van der Waals surface area contributed by atoms with Crippen molar-refractivity contribution in [2.75, 3.05) is 31.5 Å². The minimum atomic E-state index is -1.13. The fourth-order valence-corrected chi connectivity index (χ4v) is 1.83. The van der Waals surface area contributed by atoms with Crippen LogP contribution < -0.4 is 10.6 Å². The van der Waals surface area contributed by atoms with E-state index in [1.165, 1.54) is 12.1 Å². The quantitative estimate of drug-likeness (QED) is 0.584. The van der Waals surface area contributed by atoms with Gasteiger partial charge in [0, 0.05) is 26.2 Å². The summed E-state index contributed by atoms with van der Waals surface area (Å²) < 4.78 is 0. The van der Waals surface area contributed by atoms with Gasteiger partial charge in [-0.3, -0.25) is 0 Å². The maximum atomic E-state index is 11.9. The first-order valence-electron chi connectivity index (χ1n) is 5.91. The first-order chi connectivity index (χ1) is 9.08. The maximum Gasteiger partial charge on any atom is 0.335 e. The van der Waals surface area contributed by atoms with E-state index in [0.717, 1.165) is 19.2 Å². The van der Waals surface area contributed by atoms with Gasteiger partial charge in [0.05, 0.1) is 11.3 Å². The summed E-state index contributed by atoms with van der Waals surface area (Å²) in [5.74, 6) is -1.39. The Morgan fingerprint density at radius 1 is 1.26 bits per heavy atom. The molecule has 1 heterocycles. The lowest BCUT2D eigenvalue weighted by Gasteiger charge is -2.27. The number of carbonyl (C=O) groups excluding carboxylic acids is 1. The third-order valence-corrected chi connectivity index (χ3v) is 2.89. The zero-order valence-corrected chi connectivity index (χ0v) is 10.2. The Hall–Kier alpha value is -2.28. The van der Waals surface area contributed by atoms with Crippen LogP contribution in [0.5, 0.6) is 5.75 Å². The van der Waals surface area contributed by atoms with Crippen LogP contribution in [-0.4, -0.2) is 53.3 Å². The topological polar surface area (TPSA) is 102 Å². The summed E-state index contributed by atoms with van der Waals surface area (Å²) >= 11 is 0. The van der Waals surface area contributed by atoms with Gasteiger partial charge in [-0.2, -0.15) is 0 Å². The molecule has 1 saturated heterocycles. The van der Waals surface area contributed by atoms with Gasteiger partial charge in [-0.25, -0.2) is 9.59 Å². The average molecular weight is 265 g/mol. The van der Waals surface area contributed by atoms with Crippen molar-refractivity contribution in [3.63, 3.8) is 0 Å². The van der Waals surface area contributed by atoms with Crippen molar-refractivity contribution < 1.29 is 19.8 Å². The van der Waals surface area contributed by atoms with Crippen molar-refractivity contribution in [1.29, 1.82) is 0 Å². The molecular weight excluding hydrogens is 250 g/mol. The van der Waals surface area contributed by atoms with Crippen molar-refractivity contribution in [3.8, 4) is 5.75 Å². The molecule has 1 aromatic carbocycles. The number of benzene rings is 1. The standard InChI is InChI=1S/C12H15N3O4/c16-10-7-8(11(17)18)1-2-9(10)14-12(19)15-5-3-13-4-6-15/h1-2,7,13,16H,3-6H2,(H,14,19)(H,17,18). The second-order valence-electron chi connectivity index (χ2n) is 4.20. The van der Waals surface area contributed by atoms with E-state index in [-0.39, 0.29) is 23.0 Å². The summed E-state index contributed by atoms with van der Waals surface area (Å²) in [7, 11) is 0. The Kier molecular flexibility index (Phi) is 3.86. The Labute approximate surface area is 109 Å². The molecule has 0 radical (unpaired) electrons. The lowest BCUT2D eigenvalue weighted by atomic mass is 10.2. The number of hydrogen-bond donors (Lipinski definition) is 4. The first kappa shape index (κ1) is 13.2. The van der Waals surface area contributed by atoms with Crippen molar-refractivity contribution in [1.82, 2.24) is 10.2 Å². The predicted octanol–water partition coefficient (Wildman–Crippen LogP) is 0.527. The van der Waals surface area contributed by atoms with E-state index in [2.05, 4.69) is 10.6 Å². The molecule has 1 aliphatic rings. The van der Waals surface area contributed by atoms with Gasteiger partial charge in [-0.15, -0.1) is 0 Å². The molecule has 0 spiro atoms. The molecule has 0 atom stereocenters. The lowest BCUT2D eigenvalue weighted by Crippen LogP contribution is -2.48. The smallest absolute Gasteiger partial charge is 0.335 e. The number of rotatable bonds is 2. The van der Waals surface area contributed by atoms with Crippen LogP contribution in [0.3, 0.4) is 0 Å². The first-order valence-corrected chi connectivity index (χ1v) is 5.91. The number of anilines is 1. The molecule has 1 aliphatic heterocycles. The summed E-state index contributed by atoms with van der Waals surface area (Å²) in [6.07, 6.45) is 0. The Morgan fingerprint density at radius 2 is 1.95 bits per heavy atom. The molecule has 4 N–H and O–H groups in total. The maximum absolute atomic E-state index is 11.9. The number of nitrogens with zero attached hydrogens (tertiary/aromatic N) is 1. The van der Waals surface area contributed by atoms with Gasteiger partial charge in [0.1, 0.15) is 5.75 Å². The molecule has 0 saturated carbocycles. The van der Waals surface area contributed by atoms with Crippen LogP contribution in [0, 0.1) is 0 Å². The molecule has 19 heavy (non-hydrogen) atoms. The van der Waals surface area contributed by atoms with E-state index in [0.29, 0.717) is 13.1 Å². The number of hydrogen-bond acceptors (Lipinski definition) is 4. The minimum absolute atomic E-state index is 0.0299. The highest BCUT2D eigenvalue weighted by atomic mass is 16.4. The Morgan fingerprint density at radius 3 is 2.53 bits per heavy atom. The van der Waals surface area contributed by atoms with Crippen LogP contribution in [0.1, 0.15) is 10.4 Å². The van der Waals surface area contributed by atoms with Gasteiger partial charge in [0.25, 0.3) is 0 Å². The fourth-order valence-electron chi connectivity index (χ4n) is 1.83. The number of phenolic OH excluding ortho intramolecular Hbond substituents is 1. The second kappa shape index (κ2) is 5.57. The number of phenols is 1. The molecule has 7 heteroatoms. The van der Waals surface area contributed by atoms with E-state index < -0.39 is 5.97 Å². The number of nitrogens with one attached hydrogen (secondary N) is 2. The van der Waals surface area contributed by atoms with Gasteiger partial charge < -0.3 is 25.7 Å². The van der Waals surface area contributed by atoms with Crippen LogP contribution in [0.2, 0.25) is 0 Å². The molecule has 1 aromatic rings. The molecule has 0 aromatic heterocycles. The highest BCUT2D eigenvalue weighted by Gasteiger charge is 2.17. The largest absolute Gasteiger partial charge is 0.506 e. The Bertz CT molecular complexity index is 498. The highest BCUT2D eigenvalue weighted by Crippen LogP contribution is 2.24. The number of carboxylic acid groups (broad SMARTS) is 1. The van der Waals surface area contributed by atoms with Crippen molar-refractivity contribution in [2.45, 2.75) is 0 Å². The third-order valence-electron chi connectivity index (χ3n) is 2.89. The fraction of sp³-hybridized carbons (Fsp3) is 0.333. The number of piperazine rings is 1. The SMILES string of the molecule is O=C(O)c1ccc(NC(=O)N2CCNCC2)c(O)c1. The monoisotopic (exact) mass is 265 g/mol. The normalized spacial score (nSPS) is 15.1. The molecule has 0 unspecified atom stereocenters. The summed E-state index contributed by atoms with van der Waals surface area (Å²) in [5, 5.41) is 24.1. The van der Waals surface area contributed by atoms with E-state index in [4.69, 9.17) is 5.11 Å². The molecule has 2 rings (SSSR count). The Balaban J connectivity index is 2.06.